The summed E-state index contributed by atoms with van der Waals surface area (Å²) in [7, 11) is 3.77. The average molecular weight is 335 g/mol. The third kappa shape index (κ3) is 3.90. The topological polar surface area (TPSA) is 24.5 Å². The van der Waals surface area contributed by atoms with E-state index in [1.165, 1.54) is 0 Å². The molecule has 2 aromatic rings. The number of likely N-dealkylation sites (N-methyl/N-ethyl adjacent to an activating group) is 1. The molecule has 0 bridgehead atoms. The van der Waals surface area contributed by atoms with Crippen molar-refractivity contribution in [1.82, 2.24) is 0 Å². The summed E-state index contributed by atoms with van der Waals surface area (Å²) < 4.78 is 6.33. The lowest BCUT2D eigenvalue weighted by molar-refractivity contribution is 0.415. The third-order valence-corrected chi connectivity index (χ3v) is 3.82. The van der Waals surface area contributed by atoms with Crippen molar-refractivity contribution in [2.75, 3.05) is 37.5 Å². The predicted octanol–water partition coefficient (Wildman–Crippen LogP) is 4.01. The van der Waals surface area contributed by atoms with Gasteiger partial charge in [0.25, 0.3) is 0 Å². The Balaban J connectivity index is 1.89. The Morgan fingerprint density at radius 1 is 1.15 bits per heavy atom. The van der Waals surface area contributed by atoms with Gasteiger partial charge in [-0.1, -0.05) is 18.2 Å². The Morgan fingerprint density at radius 2 is 1.95 bits per heavy atom. The maximum Gasteiger partial charge on any atom is 0.120 e. The molecule has 3 nitrogen and oxygen atoms in total. The van der Waals surface area contributed by atoms with E-state index in [1.807, 2.05) is 36.4 Å². The molecule has 0 aliphatic rings. The van der Waals surface area contributed by atoms with Gasteiger partial charge in [0.15, 0.2) is 0 Å². The second-order valence-electron chi connectivity index (χ2n) is 4.53. The van der Waals surface area contributed by atoms with E-state index in [-0.39, 0.29) is 0 Å². The van der Waals surface area contributed by atoms with E-state index in [2.05, 4.69) is 45.3 Å². The van der Waals surface area contributed by atoms with E-state index in [4.69, 9.17) is 4.74 Å². The van der Waals surface area contributed by atoms with Gasteiger partial charge in [0, 0.05) is 42.1 Å². The fourth-order valence-corrected chi connectivity index (χ4v) is 2.36. The first-order valence-electron chi connectivity index (χ1n) is 6.54. The maximum atomic E-state index is 5.25. The first-order chi connectivity index (χ1) is 9.70. The fraction of sp³-hybridized carbons (Fsp3) is 0.250. The molecule has 0 radical (unpaired) electrons. The zero-order chi connectivity index (χ0) is 14.4. The van der Waals surface area contributed by atoms with E-state index < -0.39 is 0 Å². The van der Waals surface area contributed by atoms with Crippen molar-refractivity contribution in [3.63, 3.8) is 0 Å². The van der Waals surface area contributed by atoms with Gasteiger partial charge in [-0.05, 0) is 40.2 Å². The highest BCUT2D eigenvalue weighted by molar-refractivity contribution is 9.10. The lowest BCUT2D eigenvalue weighted by Gasteiger charge is -2.20. The minimum Gasteiger partial charge on any atom is -0.497 e. The molecule has 106 valence electrons. The predicted molar refractivity (Wildman–Crippen MR) is 88.9 cm³/mol. The summed E-state index contributed by atoms with van der Waals surface area (Å²) >= 11 is 3.53. The Labute approximate surface area is 128 Å². The first kappa shape index (κ1) is 14.7. The highest BCUT2D eigenvalue weighted by Gasteiger charge is 2.03. The Bertz CT molecular complexity index is 560. The van der Waals surface area contributed by atoms with Crippen LogP contribution in [0.3, 0.4) is 0 Å². The van der Waals surface area contributed by atoms with Crippen molar-refractivity contribution in [2.45, 2.75) is 0 Å². The van der Waals surface area contributed by atoms with Crippen LogP contribution in [0.25, 0.3) is 0 Å². The van der Waals surface area contributed by atoms with Crippen LogP contribution >= 0.6 is 15.9 Å². The zero-order valence-corrected chi connectivity index (χ0v) is 13.4. The summed E-state index contributed by atoms with van der Waals surface area (Å²) in [6.07, 6.45) is 0. The quantitative estimate of drug-likeness (QED) is 0.863. The van der Waals surface area contributed by atoms with Crippen LogP contribution < -0.4 is 15.0 Å². The number of nitrogens with zero attached hydrogens (tertiary/aromatic N) is 1. The van der Waals surface area contributed by atoms with E-state index in [1.54, 1.807) is 7.11 Å². The van der Waals surface area contributed by atoms with Crippen molar-refractivity contribution in [1.29, 1.82) is 0 Å². The number of benzene rings is 2. The molecular formula is C16H19BrN2O. The van der Waals surface area contributed by atoms with Gasteiger partial charge in [-0.25, -0.2) is 0 Å². The second-order valence-corrected chi connectivity index (χ2v) is 5.38. The number of anilines is 2. The molecule has 0 amide bonds. The number of hydrogen-bond acceptors (Lipinski definition) is 3. The van der Waals surface area contributed by atoms with Gasteiger partial charge in [0.2, 0.25) is 0 Å². The minimum absolute atomic E-state index is 0.871. The van der Waals surface area contributed by atoms with Crippen LogP contribution in [0.15, 0.2) is 53.0 Å². The SMILES string of the molecule is COc1cccc(N(C)CCNc2ccccc2Br)c1. The molecule has 0 saturated heterocycles. The van der Waals surface area contributed by atoms with Crippen LogP contribution in [-0.2, 0) is 0 Å². The molecule has 0 aromatic heterocycles. The lowest BCUT2D eigenvalue weighted by atomic mass is 10.2. The molecule has 0 fully saturated rings. The Hall–Kier alpha value is -1.68. The van der Waals surface area contributed by atoms with Gasteiger partial charge in [0.05, 0.1) is 7.11 Å². The average Bonchev–Trinajstić information content (AvgIpc) is 2.49. The fourth-order valence-electron chi connectivity index (χ4n) is 1.94. The van der Waals surface area contributed by atoms with Gasteiger partial charge in [-0.15, -0.1) is 0 Å². The highest BCUT2D eigenvalue weighted by Crippen LogP contribution is 2.22. The van der Waals surface area contributed by atoms with E-state index in [0.29, 0.717) is 0 Å². The summed E-state index contributed by atoms with van der Waals surface area (Å²) in [5.41, 5.74) is 2.27. The largest absolute Gasteiger partial charge is 0.497 e. The van der Waals surface area contributed by atoms with Crippen molar-refractivity contribution >= 4 is 27.3 Å². The molecule has 2 aromatic carbocycles. The second kappa shape index (κ2) is 7.20. The van der Waals surface area contributed by atoms with Crippen molar-refractivity contribution in [3.05, 3.63) is 53.0 Å². The van der Waals surface area contributed by atoms with Gasteiger partial charge in [-0.3, -0.25) is 0 Å². The van der Waals surface area contributed by atoms with Gasteiger partial charge in [0.1, 0.15) is 5.75 Å². The van der Waals surface area contributed by atoms with Crippen LogP contribution in [-0.4, -0.2) is 27.2 Å². The lowest BCUT2D eigenvalue weighted by Crippen LogP contribution is -2.24. The van der Waals surface area contributed by atoms with Gasteiger partial charge >= 0.3 is 0 Å². The molecule has 20 heavy (non-hydrogen) atoms. The maximum absolute atomic E-state index is 5.25. The number of para-hydroxylation sites is 1. The molecule has 0 aliphatic heterocycles. The van der Waals surface area contributed by atoms with Crippen LogP contribution in [0.5, 0.6) is 5.75 Å². The normalized spacial score (nSPS) is 10.2. The molecule has 1 N–H and O–H groups in total. The molecule has 0 heterocycles. The van der Waals surface area contributed by atoms with Crippen LogP contribution in [0.2, 0.25) is 0 Å². The van der Waals surface area contributed by atoms with Gasteiger partial charge < -0.3 is 15.0 Å². The molecule has 4 heteroatoms. The summed E-state index contributed by atoms with van der Waals surface area (Å²) in [6.45, 7) is 1.78. The molecule has 0 aliphatic carbocycles. The van der Waals surface area contributed by atoms with Crippen molar-refractivity contribution in [2.24, 2.45) is 0 Å². The Kier molecular flexibility index (Phi) is 5.30. The summed E-state index contributed by atoms with van der Waals surface area (Å²) in [5, 5.41) is 3.42. The highest BCUT2D eigenvalue weighted by atomic mass is 79.9. The standard InChI is InChI=1S/C16H19BrN2O/c1-19(13-6-5-7-14(12-13)20-2)11-10-18-16-9-4-3-8-15(16)17/h3-9,12,18H,10-11H2,1-2H3. The van der Waals surface area contributed by atoms with Crippen LogP contribution in [0.4, 0.5) is 11.4 Å². The number of methoxy groups -OCH3 is 1. The van der Waals surface area contributed by atoms with Crippen molar-refractivity contribution < 1.29 is 4.74 Å². The van der Waals surface area contributed by atoms with Crippen LogP contribution in [0.1, 0.15) is 0 Å². The minimum atomic E-state index is 0.871. The summed E-state index contributed by atoms with van der Waals surface area (Å²) in [5.74, 6) is 0.883. The monoisotopic (exact) mass is 334 g/mol. The van der Waals surface area contributed by atoms with Crippen LogP contribution in [0, 0.1) is 0 Å². The first-order valence-corrected chi connectivity index (χ1v) is 7.33. The Morgan fingerprint density at radius 3 is 2.70 bits per heavy atom. The van der Waals surface area contributed by atoms with E-state index in [0.717, 1.165) is 34.7 Å². The number of hydrogen-bond donors (Lipinski definition) is 1. The van der Waals surface area contributed by atoms with E-state index in [9.17, 15) is 0 Å². The molecule has 0 unspecified atom stereocenters. The molecular weight excluding hydrogens is 316 g/mol. The number of ether oxygens (including phenoxy) is 1. The number of nitrogens with one attached hydrogen (secondary N) is 1. The van der Waals surface area contributed by atoms with E-state index >= 15 is 0 Å². The number of rotatable bonds is 6. The number of halogens is 1. The molecule has 0 saturated carbocycles. The third-order valence-electron chi connectivity index (χ3n) is 3.13. The van der Waals surface area contributed by atoms with Gasteiger partial charge in [-0.2, -0.15) is 0 Å². The zero-order valence-electron chi connectivity index (χ0n) is 11.8. The smallest absolute Gasteiger partial charge is 0.120 e. The molecule has 0 spiro atoms. The molecule has 0 atom stereocenters. The molecule has 2 rings (SSSR count). The summed E-state index contributed by atoms with van der Waals surface area (Å²) in [6, 6.07) is 16.2. The van der Waals surface area contributed by atoms with Crippen molar-refractivity contribution in [3.8, 4) is 5.75 Å². The summed E-state index contributed by atoms with van der Waals surface area (Å²) in [4.78, 5) is 2.20.